The third kappa shape index (κ3) is 2.36. The van der Waals surface area contributed by atoms with Gasteiger partial charge in [-0.1, -0.05) is 6.07 Å². The van der Waals surface area contributed by atoms with Crippen molar-refractivity contribution in [1.29, 1.82) is 0 Å². The molecule has 1 amide bonds. The number of Topliss-reactive ketones (excluding diaryl/α,β-unsaturated/α-hetero) is 1. The highest BCUT2D eigenvalue weighted by Crippen LogP contribution is 2.35. The molecule has 6 nitrogen and oxygen atoms in total. The molecule has 1 fully saturated rings. The Bertz CT molecular complexity index is 644. The van der Waals surface area contributed by atoms with Crippen LogP contribution in [0.5, 0.6) is 0 Å². The van der Waals surface area contributed by atoms with Crippen LogP contribution in [0.15, 0.2) is 22.7 Å². The normalized spacial score (nSPS) is 24.5. The highest BCUT2D eigenvalue weighted by Gasteiger charge is 2.40. The second-order valence-corrected chi connectivity index (χ2v) is 5.90. The number of benzene rings is 1. The van der Waals surface area contributed by atoms with Crippen molar-refractivity contribution in [3.05, 3.63) is 28.2 Å². The number of aliphatic carboxylic acids is 1. The molecule has 0 spiro atoms. The fraction of sp³-hybridized carbons (Fsp3) is 0.357. The summed E-state index contributed by atoms with van der Waals surface area (Å²) < 4.78 is 5.98. The number of rotatable bonds is 3. The lowest BCUT2D eigenvalue weighted by molar-refractivity contribution is -0.149. The van der Waals surface area contributed by atoms with Gasteiger partial charge >= 0.3 is 5.97 Å². The molecule has 1 saturated heterocycles. The van der Waals surface area contributed by atoms with Gasteiger partial charge in [0.25, 0.3) is 11.7 Å². The molecule has 3 rings (SSSR count). The highest BCUT2D eigenvalue weighted by molar-refractivity contribution is 9.10. The van der Waals surface area contributed by atoms with Crippen molar-refractivity contribution in [2.75, 3.05) is 11.4 Å². The molecule has 1 aromatic carbocycles. The molecule has 2 aliphatic rings. The number of hydrogen-bond acceptors (Lipinski definition) is 4. The van der Waals surface area contributed by atoms with Gasteiger partial charge in [0.15, 0.2) is 6.10 Å². The van der Waals surface area contributed by atoms with Crippen molar-refractivity contribution in [3.8, 4) is 0 Å². The first-order valence-corrected chi connectivity index (χ1v) is 7.31. The molecule has 2 atom stereocenters. The van der Waals surface area contributed by atoms with Gasteiger partial charge in [0.2, 0.25) is 0 Å². The summed E-state index contributed by atoms with van der Waals surface area (Å²) in [7, 11) is 0. The molecular weight excluding hydrogens is 342 g/mol. The first kappa shape index (κ1) is 14.2. The standard InChI is InChI=1S/C14H12BrNO5/c15-8-2-1-3-9-11(8)12(17)13(18)16(9)6-7-4-5-10(21-7)14(19)20/h1-3,7,10H,4-6H2,(H,19,20). The Labute approximate surface area is 128 Å². The van der Waals surface area contributed by atoms with Crippen molar-refractivity contribution in [2.24, 2.45) is 0 Å². The van der Waals surface area contributed by atoms with Crippen LogP contribution < -0.4 is 4.90 Å². The number of ether oxygens (including phenoxy) is 1. The third-order valence-electron chi connectivity index (χ3n) is 3.72. The number of carbonyl (C=O) groups excluding carboxylic acids is 2. The van der Waals surface area contributed by atoms with E-state index in [2.05, 4.69) is 15.9 Å². The highest BCUT2D eigenvalue weighted by atomic mass is 79.9. The molecule has 1 N–H and O–H groups in total. The molecule has 21 heavy (non-hydrogen) atoms. The van der Waals surface area contributed by atoms with Gasteiger partial charge in [0.05, 0.1) is 23.9 Å². The third-order valence-corrected chi connectivity index (χ3v) is 4.38. The summed E-state index contributed by atoms with van der Waals surface area (Å²) in [5, 5.41) is 8.91. The minimum atomic E-state index is -0.996. The van der Waals surface area contributed by atoms with E-state index >= 15 is 0 Å². The summed E-state index contributed by atoms with van der Waals surface area (Å²) in [6.45, 7) is 0.192. The van der Waals surface area contributed by atoms with Crippen molar-refractivity contribution >= 4 is 39.3 Å². The first-order valence-electron chi connectivity index (χ1n) is 6.52. The van der Waals surface area contributed by atoms with Crippen LogP contribution in [0.1, 0.15) is 23.2 Å². The van der Waals surface area contributed by atoms with E-state index in [9.17, 15) is 14.4 Å². The zero-order valence-corrected chi connectivity index (χ0v) is 12.5. The Morgan fingerprint density at radius 1 is 1.38 bits per heavy atom. The van der Waals surface area contributed by atoms with Crippen LogP contribution >= 0.6 is 15.9 Å². The van der Waals surface area contributed by atoms with E-state index in [-0.39, 0.29) is 12.6 Å². The van der Waals surface area contributed by atoms with Crippen LogP contribution in [0.3, 0.4) is 0 Å². The summed E-state index contributed by atoms with van der Waals surface area (Å²) in [6, 6.07) is 5.16. The van der Waals surface area contributed by atoms with Gasteiger partial charge in [-0.25, -0.2) is 4.79 Å². The van der Waals surface area contributed by atoms with Crippen LogP contribution in [0.4, 0.5) is 5.69 Å². The van der Waals surface area contributed by atoms with E-state index in [0.29, 0.717) is 28.6 Å². The van der Waals surface area contributed by atoms with Gasteiger partial charge in [-0.2, -0.15) is 0 Å². The smallest absolute Gasteiger partial charge is 0.332 e. The van der Waals surface area contributed by atoms with Crippen molar-refractivity contribution in [3.63, 3.8) is 0 Å². The topological polar surface area (TPSA) is 83.9 Å². The van der Waals surface area contributed by atoms with Crippen LogP contribution in [0.2, 0.25) is 0 Å². The van der Waals surface area contributed by atoms with Gasteiger partial charge in [-0.05, 0) is 40.9 Å². The molecule has 2 heterocycles. The lowest BCUT2D eigenvalue weighted by Gasteiger charge is -2.20. The molecule has 0 aliphatic carbocycles. The number of ketones is 1. The second kappa shape index (κ2) is 5.23. The fourth-order valence-corrected chi connectivity index (χ4v) is 3.24. The van der Waals surface area contributed by atoms with Crippen molar-refractivity contribution in [2.45, 2.75) is 25.0 Å². The number of anilines is 1. The number of nitrogens with zero attached hydrogens (tertiary/aromatic N) is 1. The molecular formula is C14H12BrNO5. The minimum Gasteiger partial charge on any atom is -0.479 e. The zero-order valence-electron chi connectivity index (χ0n) is 10.9. The molecule has 2 unspecified atom stereocenters. The Balaban J connectivity index is 1.82. The quantitative estimate of drug-likeness (QED) is 0.834. The Morgan fingerprint density at radius 3 is 2.81 bits per heavy atom. The lowest BCUT2D eigenvalue weighted by Crippen LogP contribution is -2.37. The average molecular weight is 354 g/mol. The number of amides is 1. The molecule has 7 heteroatoms. The summed E-state index contributed by atoms with van der Waals surface area (Å²) in [5.41, 5.74) is 0.900. The Kier molecular flexibility index (Phi) is 3.54. The molecule has 0 bridgehead atoms. The maximum Gasteiger partial charge on any atom is 0.332 e. The van der Waals surface area contributed by atoms with Crippen LogP contribution in [0, 0.1) is 0 Å². The van der Waals surface area contributed by atoms with E-state index in [1.54, 1.807) is 18.2 Å². The van der Waals surface area contributed by atoms with E-state index in [0.717, 1.165) is 0 Å². The van der Waals surface area contributed by atoms with Crippen molar-refractivity contribution in [1.82, 2.24) is 0 Å². The number of fused-ring (bicyclic) bond motifs is 1. The monoisotopic (exact) mass is 353 g/mol. The number of carboxylic acid groups (broad SMARTS) is 1. The van der Waals surface area contributed by atoms with E-state index in [1.165, 1.54) is 4.90 Å². The summed E-state index contributed by atoms with van der Waals surface area (Å²) in [5.74, 6) is -2.14. The molecule has 0 aromatic heterocycles. The van der Waals surface area contributed by atoms with E-state index < -0.39 is 23.8 Å². The van der Waals surface area contributed by atoms with Gasteiger partial charge in [-0.15, -0.1) is 0 Å². The predicted octanol–water partition coefficient (Wildman–Crippen LogP) is 1.61. The molecule has 0 radical (unpaired) electrons. The molecule has 0 saturated carbocycles. The van der Waals surface area contributed by atoms with Gasteiger partial charge in [0, 0.05) is 4.47 Å². The van der Waals surface area contributed by atoms with Crippen LogP contribution in [-0.2, 0) is 14.3 Å². The lowest BCUT2D eigenvalue weighted by atomic mass is 10.1. The SMILES string of the molecule is O=C1C(=O)N(CC2CCC(C(=O)O)O2)c2cccc(Br)c21. The largest absolute Gasteiger partial charge is 0.479 e. The minimum absolute atomic E-state index is 0.192. The first-order chi connectivity index (χ1) is 9.99. The van der Waals surface area contributed by atoms with Crippen LogP contribution in [-0.4, -0.2) is 41.5 Å². The maximum absolute atomic E-state index is 12.1. The average Bonchev–Trinajstić information content (AvgIpc) is 3.00. The number of hydrogen-bond donors (Lipinski definition) is 1. The predicted molar refractivity (Wildman–Crippen MR) is 76.4 cm³/mol. The summed E-state index contributed by atoms with van der Waals surface area (Å²) >= 11 is 3.28. The Hall–Kier alpha value is -1.73. The molecule has 110 valence electrons. The number of halogens is 1. The van der Waals surface area contributed by atoms with Gasteiger partial charge in [-0.3, -0.25) is 9.59 Å². The zero-order chi connectivity index (χ0) is 15.1. The maximum atomic E-state index is 12.1. The molecule has 1 aromatic rings. The Morgan fingerprint density at radius 2 is 2.14 bits per heavy atom. The van der Waals surface area contributed by atoms with Gasteiger partial charge < -0.3 is 14.7 Å². The second-order valence-electron chi connectivity index (χ2n) is 5.04. The number of carbonyl (C=O) groups is 3. The van der Waals surface area contributed by atoms with Gasteiger partial charge in [0.1, 0.15) is 0 Å². The van der Waals surface area contributed by atoms with E-state index in [4.69, 9.17) is 9.84 Å². The van der Waals surface area contributed by atoms with E-state index in [1.807, 2.05) is 0 Å². The van der Waals surface area contributed by atoms with Crippen LogP contribution in [0.25, 0.3) is 0 Å². The number of carboxylic acids is 1. The summed E-state index contributed by atoms with van der Waals surface area (Å²) in [4.78, 5) is 36.4. The summed E-state index contributed by atoms with van der Waals surface area (Å²) in [6.07, 6.45) is -0.224. The fourth-order valence-electron chi connectivity index (χ4n) is 2.71. The molecule has 2 aliphatic heterocycles. The van der Waals surface area contributed by atoms with Crippen molar-refractivity contribution < 1.29 is 24.2 Å².